The van der Waals surface area contributed by atoms with E-state index < -0.39 is 0 Å². The van der Waals surface area contributed by atoms with Gasteiger partial charge in [0.25, 0.3) is 0 Å². The largest absolute Gasteiger partial charge is 0.208 e. The molecule has 0 atom stereocenters. The van der Waals surface area contributed by atoms with Crippen LogP contribution in [0.3, 0.4) is 0 Å². The molecule has 0 bridgehead atoms. The van der Waals surface area contributed by atoms with Crippen LogP contribution in [0.15, 0.2) is 188 Å². The van der Waals surface area contributed by atoms with Crippen LogP contribution in [0.2, 0.25) is 0 Å². The van der Waals surface area contributed by atoms with Crippen LogP contribution in [-0.4, -0.2) is 29.9 Å². The van der Waals surface area contributed by atoms with Crippen molar-refractivity contribution in [2.45, 2.75) is 0 Å². The Morgan fingerprint density at radius 1 is 0.268 bits per heavy atom. The summed E-state index contributed by atoms with van der Waals surface area (Å²) < 4.78 is 0. The number of benzene rings is 7. The van der Waals surface area contributed by atoms with Crippen molar-refractivity contribution in [1.82, 2.24) is 29.9 Å². The molecule has 9 aromatic rings. The number of nitriles is 1. The third-order valence-corrected chi connectivity index (χ3v) is 9.46. The summed E-state index contributed by atoms with van der Waals surface area (Å²) in [6, 6.07) is 64.1. The Labute approximate surface area is 324 Å². The van der Waals surface area contributed by atoms with E-state index in [1.807, 2.05) is 170 Å². The van der Waals surface area contributed by atoms with Gasteiger partial charge in [0, 0.05) is 33.4 Å². The van der Waals surface area contributed by atoms with E-state index in [9.17, 15) is 5.26 Å². The number of hydrogen-bond acceptors (Lipinski definition) is 7. The SMILES string of the molecule is N#Cc1ccc(-c2cccc(-c3nc(-c4ccccc4)nc(-c4ccccc4-c4ccccc4-c4nc(-c5ccccc5)nc(-c5ccccc5)n4)n3)c2)cc1. The van der Waals surface area contributed by atoms with E-state index >= 15 is 0 Å². The van der Waals surface area contributed by atoms with Crippen molar-refractivity contribution in [2.24, 2.45) is 0 Å². The van der Waals surface area contributed by atoms with E-state index in [0.29, 0.717) is 40.5 Å². The summed E-state index contributed by atoms with van der Waals surface area (Å²) in [6.07, 6.45) is 0. The van der Waals surface area contributed by atoms with Crippen molar-refractivity contribution in [1.29, 1.82) is 5.26 Å². The Morgan fingerprint density at radius 2 is 0.607 bits per heavy atom. The van der Waals surface area contributed by atoms with Crippen LogP contribution in [0.25, 0.3) is 90.6 Å². The summed E-state index contributed by atoms with van der Waals surface area (Å²) in [5.74, 6) is 3.39. The zero-order chi connectivity index (χ0) is 37.7. The summed E-state index contributed by atoms with van der Waals surface area (Å²) in [4.78, 5) is 30.3. The van der Waals surface area contributed by atoms with Crippen LogP contribution in [0.1, 0.15) is 5.56 Å². The van der Waals surface area contributed by atoms with Gasteiger partial charge in [0.05, 0.1) is 11.6 Å². The van der Waals surface area contributed by atoms with Crippen LogP contribution in [-0.2, 0) is 0 Å². The molecule has 0 aliphatic rings. The third kappa shape index (κ3) is 6.94. The van der Waals surface area contributed by atoms with Crippen molar-refractivity contribution in [3.63, 3.8) is 0 Å². The minimum absolute atomic E-state index is 0.536. The van der Waals surface area contributed by atoms with Gasteiger partial charge in [-0.15, -0.1) is 0 Å². The monoisotopic (exact) mass is 717 g/mol. The van der Waals surface area contributed by atoms with Gasteiger partial charge < -0.3 is 0 Å². The van der Waals surface area contributed by atoms with Crippen LogP contribution >= 0.6 is 0 Å². The lowest BCUT2D eigenvalue weighted by molar-refractivity contribution is 1.07. The normalized spacial score (nSPS) is 10.8. The van der Waals surface area contributed by atoms with Gasteiger partial charge in [-0.2, -0.15) is 5.26 Å². The van der Waals surface area contributed by atoms with Crippen molar-refractivity contribution in [3.8, 4) is 96.7 Å². The van der Waals surface area contributed by atoms with Gasteiger partial charge in [0.15, 0.2) is 34.9 Å². The van der Waals surface area contributed by atoms with Crippen LogP contribution in [0.5, 0.6) is 0 Å². The zero-order valence-corrected chi connectivity index (χ0v) is 30.0. The number of aromatic nitrogens is 6. The van der Waals surface area contributed by atoms with Crippen LogP contribution in [0.4, 0.5) is 0 Å². The average molecular weight is 718 g/mol. The maximum absolute atomic E-state index is 9.32. The Bertz CT molecular complexity index is 2790. The number of hydrogen-bond donors (Lipinski definition) is 0. The van der Waals surface area contributed by atoms with Crippen LogP contribution < -0.4 is 0 Å². The molecule has 0 unspecified atom stereocenters. The molecule has 2 heterocycles. The molecule has 0 saturated carbocycles. The predicted molar refractivity (Wildman–Crippen MR) is 221 cm³/mol. The lowest BCUT2D eigenvalue weighted by Crippen LogP contribution is -2.02. The quantitative estimate of drug-likeness (QED) is 0.154. The maximum atomic E-state index is 9.32. The summed E-state index contributed by atoms with van der Waals surface area (Å²) >= 11 is 0. The maximum Gasteiger partial charge on any atom is 0.164 e. The first-order chi connectivity index (χ1) is 27.7. The molecule has 262 valence electrons. The minimum Gasteiger partial charge on any atom is -0.208 e. The second kappa shape index (κ2) is 15.2. The molecular weight excluding hydrogens is 687 g/mol. The molecule has 0 fully saturated rings. The van der Waals surface area contributed by atoms with E-state index in [1.54, 1.807) is 0 Å². The average Bonchev–Trinajstić information content (AvgIpc) is 3.29. The Morgan fingerprint density at radius 3 is 1.04 bits per heavy atom. The topological polar surface area (TPSA) is 101 Å². The fourth-order valence-electron chi connectivity index (χ4n) is 6.67. The van der Waals surface area contributed by atoms with Crippen molar-refractivity contribution >= 4 is 0 Å². The van der Waals surface area contributed by atoms with E-state index in [0.717, 1.165) is 55.6 Å². The van der Waals surface area contributed by atoms with Gasteiger partial charge in [-0.1, -0.05) is 170 Å². The second-order valence-corrected chi connectivity index (χ2v) is 13.1. The van der Waals surface area contributed by atoms with Crippen LogP contribution in [0, 0.1) is 11.3 Å². The molecule has 7 nitrogen and oxygen atoms in total. The summed E-state index contributed by atoms with van der Waals surface area (Å²) in [5, 5.41) is 9.32. The number of nitrogens with zero attached hydrogens (tertiary/aromatic N) is 7. The van der Waals surface area contributed by atoms with Crippen molar-refractivity contribution in [2.75, 3.05) is 0 Å². The Balaban J connectivity index is 1.20. The first kappa shape index (κ1) is 33.9. The molecule has 0 amide bonds. The fraction of sp³-hybridized carbons (Fsp3) is 0. The Hall–Kier alpha value is -7.95. The highest BCUT2D eigenvalue weighted by Gasteiger charge is 2.20. The molecule has 7 heteroatoms. The standard InChI is InChI=1S/C49H31N7/c50-32-33-27-29-34(30-28-33)38-21-14-22-39(31-38)47-52-46(37-19-8-3-9-20-37)55-49(56-47)43-26-13-11-24-41(43)40-23-10-12-25-42(40)48-53-44(35-15-4-1-5-16-35)51-45(54-48)36-17-6-2-7-18-36/h1-31H. The van der Waals surface area contributed by atoms with E-state index in [-0.39, 0.29) is 0 Å². The van der Waals surface area contributed by atoms with Gasteiger partial charge >= 0.3 is 0 Å². The Kier molecular flexibility index (Phi) is 9.18. The fourth-order valence-corrected chi connectivity index (χ4v) is 6.67. The molecule has 0 radical (unpaired) electrons. The van der Waals surface area contributed by atoms with Crippen molar-refractivity contribution < 1.29 is 0 Å². The van der Waals surface area contributed by atoms with E-state index in [4.69, 9.17) is 29.9 Å². The highest BCUT2D eigenvalue weighted by molar-refractivity contribution is 5.90. The highest BCUT2D eigenvalue weighted by atomic mass is 15.0. The molecule has 0 saturated heterocycles. The van der Waals surface area contributed by atoms with Gasteiger partial charge in [0.1, 0.15) is 0 Å². The third-order valence-electron chi connectivity index (χ3n) is 9.46. The van der Waals surface area contributed by atoms with Crippen molar-refractivity contribution in [3.05, 3.63) is 194 Å². The van der Waals surface area contributed by atoms with E-state index in [1.165, 1.54) is 0 Å². The summed E-state index contributed by atoms with van der Waals surface area (Å²) in [6.45, 7) is 0. The molecule has 2 aromatic heterocycles. The van der Waals surface area contributed by atoms with Gasteiger partial charge in [-0.05, 0) is 40.5 Å². The first-order valence-corrected chi connectivity index (χ1v) is 18.2. The zero-order valence-electron chi connectivity index (χ0n) is 30.0. The summed E-state index contributed by atoms with van der Waals surface area (Å²) in [7, 11) is 0. The molecular formula is C49H31N7. The molecule has 0 spiro atoms. The molecule has 9 rings (SSSR count). The first-order valence-electron chi connectivity index (χ1n) is 18.2. The van der Waals surface area contributed by atoms with E-state index in [2.05, 4.69) is 24.3 Å². The lowest BCUT2D eigenvalue weighted by atomic mass is 9.94. The van der Waals surface area contributed by atoms with Gasteiger partial charge in [-0.25, -0.2) is 29.9 Å². The molecule has 7 aromatic carbocycles. The van der Waals surface area contributed by atoms with Gasteiger partial charge in [0.2, 0.25) is 0 Å². The second-order valence-electron chi connectivity index (χ2n) is 13.1. The molecule has 56 heavy (non-hydrogen) atoms. The smallest absolute Gasteiger partial charge is 0.164 e. The highest BCUT2D eigenvalue weighted by Crippen LogP contribution is 2.38. The predicted octanol–water partition coefficient (Wildman–Crippen LogP) is 11.3. The lowest BCUT2D eigenvalue weighted by Gasteiger charge is -2.15. The molecule has 0 aliphatic heterocycles. The minimum atomic E-state index is 0.536. The molecule has 0 N–H and O–H groups in total. The van der Waals surface area contributed by atoms with Gasteiger partial charge in [-0.3, -0.25) is 0 Å². The number of rotatable bonds is 8. The molecule has 0 aliphatic carbocycles. The summed E-state index contributed by atoms with van der Waals surface area (Å²) in [5.41, 5.74) is 9.68.